The van der Waals surface area contributed by atoms with Crippen LogP contribution in [0.1, 0.15) is 28.5 Å². The summed E-state index contributed by atoms with van der Waals surface area (Å²) in [6, 6.07) is 4.72. The zero-order valence-corrected chi connectivity index (χ0v) is 9.77. The second-order valence-corrected chi connectivity index (χ2v) is 4.91. The highest BCUT2D eigenvalue weighted by molar-refractivity contribution is 7.12. The molecule has 0 spiro atoms. The van der Waals surface area contributed by atoms with E-state index in [4.69, 9.17) is 0 Å². The number of aromatic amines is 1. The van der Waals surface area contributed by atoms with Gasteiger partial charge in [0.15, 0.2) is 0 Å². The largest absolute Gasteiger partial charge is 0.348 e. The summed E-state index contributed by atoms with van der Waals surface area (Å²) in [5.74, 6) is 0.982. The van der Waals surface area contributed by atoms with E-state index in [2.05, 4.69) is 41.3 Å². The van der Waals surface area contributed by atoms with Gasteiger partial charge in [-0.3, -0.25) is 0 Å². The van der Waals surface area contributed by atoms with Gasteiger partial charge in [0, 0.05) is 28.2 Å². The van der Waals surface area contributed by atoms with Gasteiger partial charge < -0.3 is 10.3 Å². The highest BCUT2D eigenvalue weighted by Crippen LogP contribution is 2.22. The normalized spacial score (nSPS) is 12.9. The van der Waals surface area contributed by atoms with Crippen LogP contribution >= 0.6 is 11.3 Å². The molecule has 0 aliphatic rings. The van der Waals surface area contributed by atoms with E-state index in [1.54, 1.807) is 6.20 Å². The molecule has 4 heteroatoms. The number of hydrogen-bond acceptors (Lipinski definition) is 3. The fourth-order valence-electron chi connectivity index (χ4n) is 1.43. The van der Waals surface area contributed by atoms with Crippen molar-refractivity contribution in [2.45, 2.75) is 26.4 Å². The summed E-state index contributed by atoms with van der Waals surface area (Å²) in [7, 11) is 0. The number of H-pyrrole nitrogens is 1. The smallest absolute Gasteiger partial charge is 0.120 e. The molecule has 2 rings (SSSR count). The number of imidazole rings is 1. The molecule has 0 bridgehead atoms. The van der Waals surface area contributed by atoms with Crippen molar-refractivity contribution in [3.05, 3.63) is 40.1 Å². The van der Waals surface area contributed by atoms with Crippen LogP contribution in [0.5, 0.6) is 0 Å². The van der Waals surface area contributed by atoms with Crippen LogP contribution in [0, 0.1) is 6.92 Å². The highest BCUT2D eigenvalue weighted by Gasteiger charge is 2.07. The third kappa shape index (κ3) is 2.67. The molecule has 2 heterocycles. The van der Waals surface area contributed by atoms with Crippen LogP contribution in [-0.2, 0) is 6.54 Å². The number of hydrogen-bond donors (Lipinski definition) is 2. The summed E-state index contributed by atoms with van der Waals surface area (Å²) in [6.45, 7) is 5.09. The summed E-state index contributed by atoms with van der Waals surface area (Å²) in [5.41, 5.74) is 0. The van der Waals surface area contributed by atoms with Crippen LogP contribution in [0.15, 0.2) is 24.5 Å². The van der Waals surface area contributed by atoms with E-state index in [1.807, 2.05) is 17.5 Å². The lowest BCUT2D eigenvalue weighted by atomic mass is 10.2. The minimum absolute atomic E-state index is 0.383. The Morgan fingerprint density at radius 1 is 1.53 bits per heavy atom. The minimum atomic E-state index is 0.383. The number of nitrogens with one attached hydrogen (secondary N) is 2. The molecule has 0 aliphatic carbocycles. The monoisotopic (exact) mass is 221 g/mol. The Morgan fingerprint density at radius 3 is 3.00 bits per heavy atom. The van der Waals surface area contributed by atoms with E-state index in [0.29, 0.717) is 6.04 Å². The van der Waals surface area contributed by atoms with Crippen molar-refractivity contribution in [2.24, 2.45) is 0 Å². The molecular formula is C11H15N3S. The summed E-state index contributed by atoms with van der Waals surface area (Å²) in [5, 5.41) is 3.43. The van der Waals surface area contributed by atoms with Gasteiger partial charge in [-0.2, -0.15) is 0 Å². The van der Waals surface area contributed by atoms with Crippen molar-refractivity contribution in [3.8, 4) is 0 Å². The molecule has 1 unspecified atom stereocenters. The Kier molecular flexibility index (Phi) is 3.18. The molecule has 0 aliphatic heterocycles. The van der Waals surface area contributed by atoms with E-state index >= 15 is 0 Å². The molecule has 0 fully saturated rings. The Morgan fingerprint density at radius 2 is 2.40 bits per heavy atom. The Labute approximate surface area is 93.6 Å². The van der Waals surface area contributed by atoms with Crippen molar-refractivity contribution in [2.75, 3.05) is 0 Å². The molecule has 0 aromatic carbocycles. The fourth-order valence-corrected chi connectivity index (χ4v) is 2.34. The Balaban J connectivity index is 1.90. The quantitative estimate of drug-likeness (QED) is 0.833. The van der Waals surface area contributed by atoms with Gasteiger partial charge in [0.1, 0.15) is 5.82 Å². The third-order valence-corrected chi connectivity index (χ3v) is 3.50. The number of aromatic nitrogens is 2. The van der Waals surface area contributed by atoms with E-state index in [0.717, 1.165) is 12.4 Å². The van der Waals surface area contributed by atoms with Gasteiger partial charge in [-0.25, -0.2) is 4.98 Å². The molecule has 0 amide bonds. The summed E-state index contributed by atoms with van der Waals surface area (Å²) in [6.07, 6.45) is 3.62. The average molecular weight is 221 g/mol. The molecule has 2 N–H and O–H groups in total. The van der Waals surface area contributed by atoms with Gasteiger partial charge >= 0.3 is 0 Å². The van der Waals surface area contributed by atoms with Crippen LogP contribution in [-0.4, -0.2) is 9.97 Å². The molecule has 0 radical (unpaired) electrons. The zero-order chi connectivity index (χ0) is 10.7. The molecule has 0 saturated carbocycles. The summed E-state index contributed by atoms with van der Waals surface area (Å²) in [4.78, 5) is 9.98. The van der Waals surface area contributed by atoms with Crippen LogP contribution < -0.4 is 5.32 Å². The maximum absolute atomic E-state index is 4.17. The minimum Gasteiger partial charge on any atom is -0.348 e. The number of nitrogens with zero attached hydrogens (tertiary/aromatic N) is 1. The van der Waals surface area contributed by atoms with Gasteiger partial charge in [-0.15, -0.1) is 11.3 Å². The summed E-state index contributed by atoms with van der Waals surface area (Å²) < 4.78 is 0. The highest BCUT2D eigenvalue weighted by atomic mass is 32.1. The molecule has 80 valence electrons. The lowest BCUT2D eigenvalue weighted by molar-refractivity contribution is 0.569. The topological polar surface area (TPSA) is 40.7 Å². The lowest BCUT2D eigenvalue weighted by Crippen LogP contribution is -2.17. The number of aryl methyl sites for hydroxylation is 1. The third-order valence-electron chi connectivity index (χ3n) is 2.32. The van der Waals surface area contributed by atoms with Gasteiger partial charge in [-0.05, 0) is 26.0 Å². The van der Waals surface area contributed by atoms with E-state index < -0.39 is 0 Å². The van der Waals surface area contributed by atoms with Crippen LogP contribution in [0.3, 0.4) is 0 Å². The number of rotatable bonds is 4. The molecule has 2 aromatic heterocycles. The maximum atomic E-state index is 4.17. The molecule has 2 aromatic rings. The Bertz CT molecular complexity index is 405. The molecule has 3 nitrogen and oxygen atoms in total. The average Bonchev–Trinajstić information content (AvgIpc) is 2.84. The van der Waals surface area contributed by atoms with E-state index in [1.165, 1.54) is 9.75 Å². The number of thiophene rings is 1. The SMILES string of the molecule is Cc1ccc(C(C)NCc2ncc[nH]2)s1. The first-order chi connectivity index (χ1) is 7.25. The van der Waals surface area contributed by atoms with Crippen LogP contribution in [0.2, 0.25) is 0 Å². The standard InChI is InChI=1S/C11H15N3S/c1-8-3-4-10(15-8)9(2)14-7-11-12-5-6-13-11/h3-6,9,14H,7H2,1-2H3,(H,12,13). The van der Waals surface area contributed by atoms with Gasteiger partial charge in [0.25, 0.3) is 0 Å². The molecule has 1 atom stereocenters. The molecule has 15 heavy (non-hydrogen) atoms. The fraction of sp³-hybridized carbons (Fsp3) is 0.364. The first-order valence-corrected chi connectivity index (χ1v) is 5.85. The van der Waals surface area contributed by atoms with Crippen molar-refractivity contribution in [1.29, 1.82) is 0 Å². The molecule has 0 saturated heterocycles. The van der Waals surface area contributed by atoms with Crippen molar-refractivity contribution >= 4 is 11.3 Å². The van der Waals surface area contributed by atoms with E-state index in [9.17, 15) is 0 Å². The Hall–Kier alpha value is -1.13. The van der Waals surface area contributed by atoms with E-state index in [-0.39, 0.29) is 0 Å². The zero-order valence-electron chi connectivity index (χ0n) is 8.95. The first-order valence-electron chi connectivity index (χ1n) is 5.03. The summed E-state index contributed by atoms with van der Waals surface area (Å²) >= 11 is 1.84. The molecular weight excluding hydrogens is 206 g/mol. The van der Waals surface area contributed by atoms with Crippen molar-refractivity contribution in [3.63, 3.8) is 0 Å². The predicted octanol–water partition coefficient (Wildman–Crippen LogP) is 2.63. The van der Waals surface area contributed by atoms with Gasteiger partial charge in [0.2, 0.25) is 0 Å². The second-order valence-electron chi connectivity index (χ2n) is 3.59. The van der Waals surface area contributed by atoms with Crippen molar-refractivity contribution in [1.82, 2.24) is 15.3 Å². The van der Waals surface area contributed by atoms with Gasteiger partial charge in [-0.1, -0.05) is 0 Å². The maximum Gasteiger partial charge on any atom is 0.120 e. The second kappa shape index (κ2) is 4.59. The lowest BCUT2D eigenvalue weighted by Gasteiger charge is -2.10. The van der Waals surface area contributed by atoms with Crippen molar-refractivity contribution < 1.29 is 0 Å². The van der Waals surface area contributed by atoms with Crippen LogP contribution in [0.4, 0.5) is 0 Å². The predicted molar refractivity (Wildman–Crippen MR) is 62.9 cm³/mol. The van der Waals surface area contributed by atoms with Crippen LogP contribution in [0.25, 0.3) is 0 Å². The van der Waals surface area contributed by atoms with Gasteiger partial charge in [0.05, 0.1) is 6.54 Å². The first kappa shape index (κ1) is 10.4.